The van der Waals surface area contributed by atoms with E-state index in [-0.39, 0.29) is 13.2 Å². The molecule has 108 valence electrons. The van der Waals surface area contributed by atoms with Crippen LogP contribution in [0.5, 0.6) is 0 Å². The zero-order valence-corrected chi connectivity index (χ0v) is 11.7. The molecule has 0 aliphatic heterocycles. The maximum absolute atomic E-state index is 11.6. The first kappa shape index (κ1) is 15.7. The van der Waals surface area contributed by atoms with Gasteiger partial charge in [-0.25, -0.2) is 14.6 Å². The maximum atomic E-state index is 11.6. The van der Waals surface area contributed by atoms with Gasteiger partial charge < -0.3 is 10.1 Å². The number of nitrogens with zero attached hydrogens (tertiary/aromatic N) is 1. The molecule has 0 spiro atoms. The molecule has 2 N–H and O–H groups in total. The fourth-order valence-corrected chi connectivity index (χ4v) is 1.35. The molecule has 0 saturated heterocycles. The van der Waals surface area contributed by atoms with Crippen molar-refractivity contribution in [2.75, 3.05) is 18.5 Å². The zero-order chi connectivity index (χ0) is 15.0. The van der Waals surface area contributed by atoms with E-state index in [1.165, 1.54) is 0 Å². The van der Waals surface area contributed by atoms with E-state index < -0.39 is 12.0 Å². The van der Waals surface area contributed by atoms with Crippen LogP contribution in [0.15, 0.2) is 30.5 Å². The number of rotatable bonds is 6. The van der Waals surface area contributed by atoms with Crippen molar-refractivity contribution in [3.05, 3.63) is 36.0 Å². The molecule has 0 unspecified atom stereocenters. The fraction of sp³-hybridized carbons (Fsp3) is 0.357. The van der Waals surface area contributed by atoms with Gasteiger partial charge in [0.05, 0.1) is 6.54 Å². The van der Waals surface area contributed by atoms with E-state index in [9.17, 15) is 9.59 Å². The second kappa shape index (κ2) is 7.93. The number of anilines is 1. The van der Waals surface area contributed by atoms with E-state index in [0.29, 0.717) is 11.4 Å². The Balaban J connectivity index is 2.29. The summed E-state index contributed by atoms with van der Waals surface area (Å²) in [6.07, 6.45) is 2.51. The van der Waals surface area contributed by atoms with Crippen LogP contribution in [-0.2, 0) is 16.0 Å². The van der Waals surface area contributed by atoms with Gasteiger partial charge in [0.2, 0.25) is 0 Å². The number of nitrogens with one attached hydrogen (secondary N) is 2. The highest BCUT2D eigenvalue weighted by Gasteiger charge is 2.05. The summed E-state index contributed by atoms with van der Waals surface area (Å²) < 4.78 is 4.84. The molecule has 0 bridgehead atoms. The Labute approximate surface area is 118 Å². The quantitative estimate of drug-likeness (QED) is 0.472. The summed E-state index contributed by atoms with van der Waals surface area (Å²) in [5, 5.41) is 5.17. The topological polar surface area (TPSA) is 80.3 Å². The Morgan fingerprint density at radius 1 is 1.45 bits per heavy atom. The molecule has 1 aromatic heterocycles. The van der Waals surface area contributed by atoms with Crippen molar-refractivity contribution in [3.63, 3.8) is 0 Å². The fourth-order valence-electron chi connectivity index (χ4n) is 1.35. The number of pyridine rings is 1. The van der Waals surface area contributed by atoms with Crippen LogP contribution in [0.3, 0.4) is 0 Å². The maximum Gasteiger partial charge on any atom is 0.333 e. The number of amides is 2. The van der Waals surface area contributed by atoms with Gasteiger partial charge in [0, 0.05) is 11.8 Å². The van der Waals surface area contributed by atoms with E-state index >= 15 is 0 Å². The van der Waals surface area contributed by atoms with Crippen molar-refractivity contribution in [2.24, 2.45) is 0 Å². The number of carbonyl (C=O) groups is 2. The molecule has 0 radical (unpaired) electrons. The lowest BCUT2D eigenvalue weighted by atomic mass is 10.2. The van der Waals surface area contributed by atoms with Gasteiger partial charge in [-0.3, -0.25) is 5.32 Å². The summed E-state index contributed by atoms with van der Waals surface area (Å²) in [6.45, 7) is 7.37. The molecule has 0 saturated carbocycles. The summed E-state index contributed by atoms with van der Waals surface area (Å²) in [5.41, 5.74) is 1.42. The molecule has 20 heavy (non-hydrogen) atoms. The van der Waals surface area contributed by atoms with Crippen LogP contribution in [0.1, 0.15) is 19.4 Å². The van der Waals surface area contributed by atoms with Crippen molar-refractivity contribution >= 4 is 17.8 Å². The highest BCUT2D eigenvalue weighted by atomic mass is 16.5. The third-order valence-electron chi connectivity index (χ3n) is 2.44. The third kappa shape index (κ3) is 5.51. The molecule has 1 aromatic rings. The van der Waals surface area contributed by atoms with Crippen LogP contribution < -0.4 is 10.6 Å². The minimum atomic E-state index is -0.468. The minimum absolute atomic E-state index is 0.0988. The van der Waals surface area contributed by atoms with E-state index in [1.54, 1.807) is 19.2 Å². The molecule has 0 aromatic carbocycles. The minimum Gasteiger partial charge on any atom is -0.460 e. The van der Waals surface area contributed by atoms with Gasteiger partial charge in [0.1, 0.15) is 12.4 Å². The molecule has 0 aliphatic carbocycles. The van der Waals surface area contributed by atoms with Gasteiger partial charge in [-0.15, -0.1) is 0 Å². The number of carbonyl (C=O) groups excluding carboxylic acids is 2. The Bertz CT molecular complexity index is 500. The molecule has 6 heteroatoms. The van der Waals surface area contributed by atoms with Crippen molar-refractivity contribution in [1.29, 1.82) is 0 Å². The SMILES string of the molecule is C=C(C)C(=O)OCCNC(=O)Nc1cc(CC)ccn1. The van der Waals surface area contributed by atoms with Crippen LogP contribution in [0.4, 0.5) is 10.6 Å². The van der Waals surface area contributed by atoms with Gasteiger partial charge in [0.15, 0.2) is 0 Å². The van der Waals surface area contributed by atoms with Gasteiger partial charge in [-0.2, -0.15) is 0 Å². The van der Waals surface area contributed by atoms with E-state index in [0.717, 1.165) is 12.0 Å². The van der Waals surface area contributed by atoms with Gasteiger partial charge >= 0.3 is 12.0 Å². The summed E-state index contributed by atoms with van der Waals surface area (Å²) in [7, 11) is 0. The highest BCUT2D eigenvalue weighted by molar-refractivity contribution is 5.88. The summed E-state index contributed by atoms with van der Waals surface area (Å²) in [6, 6.07) is 3.30. The largest absolute Gasteiger partial charge is 0.460 e. The lowest BCUT2D eigenvalue weighted by Gasteiger charge is -2.08. The second-order valence-electron chi connectivity index (χ2n) is 4.20. The first-order valence-electron chi connectivity index (χ1n) is 6.35. The predicted octanol–water partition coefficient (Wildman–Crippen LogP) is 1.88. The summed E-state index contributed by atoms with van der Waals surface area (Å²) in [5.74, 6) is 0.0188. The van der Waals surface area contributed by atoms with Crippen LogP contribution >= 0.6 is 0 Å². The summed E-state index contributed by atoms with van der Waals surface area (Å²) >= 11 is 0. The number of esters is 1. The smallest absolute Gasteiger partial charge is 0.333 e. The van der Waals surface area contributed by atoms with Gasteiger partial charge in [-0.1, -0.05) is 13.5 Å². The number of hydrogen-bond acceptors (Lipinski definition) is 4. The average Bonchev–Trinajstić information content (AvgIpc) is 2.43. The number of ether oxygens (including phenoxy) is 1. The number of urea groups is 1. The van der Waals surface area contributed by atoms with Crippen LogP contribution in [0.25, 0.3) is 0 Å². The lowest BCUT2D eigenvalue weighted by molar-refractivity contribution is -0.138. The second-order valence-corrected chi connectivity index (χ2v) is 4.20. The van der Waals surface area contributed by atoms with E-state index in [1.807, 2.05) is 13.0 Å². The van der Waals surface area contributed by atoms with Gasteiger partial charge in [0.25, 0.3) is 0 Å². The Morgan fingerprint density at radius 2 is 2.20 bits per heavy atom. The molecular formula is C14H19N3O3. The van der Waals surface area contributed by atoms with Crippen LogP contribution in [0, 0.1) is 0 Å². The molecular weight excluding hydrogens is 258 g/mol. The number of hydrogen-bond donors (Lipinski definition) is 2. The van der Waals surface area contributed by atoms with Crippen molar-refractivity contribution in [1.82, 2.24) is 10.3 Å². The molecule has 6 nitrogen and oxygen atoms in total. The van der Waals surface area contributed by atoms with E-state index in [4.69, 9.17) is 4.74 Å². The lowest BCUT2D eigenvalue weighted by Crippen LogP contribution is -2.32. The standard InChI is InChI=1S/C14H19N3O3/c1-4-11-5-6-15-12(9-11)17-14(19)16-7-8-20-13(18)10(2)3/h5-6,9H,2,4,7-8H2,1,3H3,(H2,15,16,17,19). The monoisotopic (exact) mass is 277 g/mol. The van der Waals surface area contributed by atoms with Gasteiger partial charge in [-0.05, 0) is 31.0 Å². The average molecular weight is 277 g/mol. The van der Waals surface area contributed by atoms with Crippen LogP contribution in [0.2, 0.25) is 0 Å². The molecule has 0 aliphatic rings. The first-order chi connectivity index (χ1) is 9.52. The molecule has 1 rings (SSSR count). The van der Waals surface area contributed by atoms with Crippen molar-refractivity contribution in [2.45, 2.75) is 20.3 Å². The first-order valence-corrected chi connectivity index (χ1v) is 6.35. The van der Waals surface area contributed by atoms with Crippen LogP contribution in [-0.4, -0.2) is 30.1 Å². The Hall–Kier alpha value is -2.37. The molecule has 2 amide bonds. The Morgan fingerprint density at radius 3 is 2.85 bits per heavy atom. The summed E-state index contributed by atoms with van der Waals surface area (Å²) in [4.78, 5) is 26.7. The number of aryl methyl sites for hydroxylation is 1. The molecule has 0 fully saturated rings. The van der Waals surface area contributed by atoms with Crippen molar-refractivity contribution in [3.8, 4) is 0 Å². The Kier molecular flexibility index (Phi) is 6.22. The number of aromatic nitrogens is 1. The van der Waals surface area contributed by atoms with E-state index in [2.05, 4.69) is 22.2 Å². The normalized spacial score (nSPS) is 9.70. The van der Waals surface area contributed by atoms with Crippen molar-refractivity contribution < 1.29 is 14.3 Å². The highest BCUT2D eigenvalue weighted by Crippen LogP contribution is 2.06. The molecule has 0 atom stereocenters. The molecule has 1 heterocycles. The third-order valence-corrected chi connectivity index (χ3v) is 2.44. The predicted molar refractivity (Wildman–Crippen MR) is 76.4 cm³/mol. The zero-order valence-electron chi connectivity index (χ0n) is 11.7.